The number of benzene rings is 4. The molecule has 0 bridgehead atoms. The molecule has 5 rings (SSSR count). The van der Waals surface area contributed by atoms with Gasteiger partial charge in [-0.1, -0.05) is 66.2 Å². The summed E-state index contributed by atoms with van der Waals surface area (Å²) in [5.74, 6) is -0.0232. The topological polar surface area (TPSA) is 97.6 Å². The molecule has 2 N–H and O–H groups in total. The summed E-state index contributed by atoms with van der Waals surface area (Å²) < 4.78 is 7.69. The third-order valence-electron chi connectivity index (χ3n) is 6.22. The normalized spacial score (nSPS) is 10.9. The van der Waals surface area contributed by atoms with Crippen LogP contribution in [0.1, 0.15) is 27.0 Å². The minimum atomic E-state index is -0.445. The van der Waals surface area contributed by atoms with E-state index in [0.29, 0.717) is 23.4 Å². The molecule has 0 spiro atoms. The SMILES string of the molecule is Cc1cccc(C(=O)NCC(=O)NN=Cc2cn(-c3ccccc3)nc2-c2ccc(OCc3ccccc3)cc2)c1. The molecule has 1 heterocycles. The number of carbonyl (C=O) groups excluding carboxylic acids is 2. The fourth-order valence-corrected chi connectivity index (χ4v) is 4.13. The van der Waals surface area contributed by atoms with Crippen LogP contribution in [0.15, 0.2) is 120 Å². The Hall–Kier alpha value is -5.50. The van der Waals surface area contributed by atoms with E-state index >= 15 is 0 Å². The number of nitrogens with one attached hydrogen (secondary N) is 2. The molecule has 0 saturated carbocycles. The monoisotopic (exact) mass is 543 g/mol. The lowest BCUT2D eigenvalue weighted by Crippen LogP contribution is -2.34. The van der Waals surface area contributed by atoms with E-state index < -0.39 is 5.91 Å². The quantitative estimate of drug-likeness (QED) is 0.184. The summed E-state index contributed by atoms with van der Waals surface area (Å²) in [4.78, 5) is 24.7. The average molecular weight is 544 g/mol. The van der Waals surface area contributed by atoms with Gasteiger partial charge in [-0.3, -0.25) is 9.59 Å². The first kappa shape index (κ1) is 27.1. The van der Waals surface area contributed by atoms with Crippen molar-refractivity contribution >= 4 is 18.0 Å². The van der Waals surface area contributed by atoms with Crippen LogP contribution in [0.2, 0.25) is 0 Å². The summed E-state index contributed by atoms with van der Waals surface area (Å²) in [6, 6.07) is 34.6. The van der Waals surface area contributed by atoms with Crippen LogP contribution in [0.25, 0.3) is 16.9 Å². The minimum Gasteiger partial charge on any atom is -0.489 e. The Morgan fingerprint density at radius 2 is 1.63 bits per heavy atom. The van der Waals surface area contributed by atoms with Gasteiger partial charge in [0.25, 0.3) is 11.8 Å². The molecule has 8 nitrogen and oxygen atoms in total. The summed E-state index contributed by atoms with van der Waals surface area (Å²) in [7, 11) is 0. The summed E-state index contributed by atoms with van der Waals surface area (Å²) in [6.45, 7) is 2.18. The van der Waals surface area contributed by atoms with Gasteiger partial charge in [0.1, 0.15) is 18.1 Å². The highest BCUT2D eigenvalue weighted by Gasteiger charge is 2.12. The molecule has 1 aromatic heterocycles. The number of carbonyl (C=O) groups is 2. The van der Waals surface area contributed by atoms with Gasteiger partial charge in [0, 0.05) is 22.9 Å². The van der Waals surface area contributed by atoms with E-state index in [9.17, 15) is 9.59 Å². The van der Waals surface area contributed by atoms with Crippen molar-refractivity contribution in [2.45, 2.75) is 13.5 Å². The van der Waals surface area contributed by atoms with Crippen LogP contribution in [0.4, 0.5) is 0 Å². The number of nitrogens with zero attached hydrogens (tertiary/aromatic N) is 3. The minimum absolute atomic E-state index is 0.204. The highest BCUT2D eigenvalue weighted by molar-refractivity contribution is 5.96. The molecule has 4 aromatic carbocycles. The maximum atomic E-state index is 12.3. The van der Waals surface area contributed by atoms with E-state index in [1.165, 1.54) is 0 Å². The highest BCUT2D eigenvalue weighted by Crippen LogP contribution is 2.25. The smallest absolute Gasteiger partial charge is 0.259 e. The maximum absolute atomic E-state index is 12.3. The number of rotatable bonds is 10. The van der Waals surface area contributed by atoms with Crippen LogP contribution < -0.4 is 15.5 Å². The van der Waals surface area contributed by atoms with Gasteiger partial charge in [-0.05, 0) is 61.0 Å². The van der Waals surface area contributed by atoms with Crippen molar-refractivity contribution in [2.24, 2.45) is 5.10 Å². The lowest BCUT2D eigenvalue weighted by molar-refractivity contribution is -0.120. The first-order chi connectivity index (χ1) is 20.0. The second-order valence-electron chi connectivity index (χ2n) is 9.36. The molecule has 0 aliphatic rings. The van der Waals surface area contributed by atoms with Crippen LogP contribution in [0, 0.1) is 6.92 Å². The third kappa shape index (κ3) is 7.33. The number of para-hydroxylation sites is 1. The summed E-state index contributed by atoms with van der Waals surface area (Å²) in [5.41, 5.74) is 8.18. The van der Waals surface area contributed by atoms with Crippen molar-refractivity contribution in [2.75, 3.05) is 6.54 Å². The van der Waals surface area contributed by atoms with E-state index in [1.807, 2.05) is 104 Å². The van der Waals surface area contributed by atoms with E-state index in [0.717, 1.165) is 28.1 Å². The molecule has 5 aromatic rings. The number of hydrogen-bond donors (Lipinski definition) is 2. The Kier molecular flexibility index (Phi) is 8.61. The first-order valence-corrected chi connectivity index (χ1v) is 13.1. The summed E-state index contributed by atoms with van der Waals surface area (Å²) >= 11 is 0. The fraction of sp³-hybridized carbons (Fsp3) is 0.0909. The molecule has 2 amide bonds. The zero-order chi connectivity index (χ0) is 28.4. The fourth-order valence-electron chi connectivity index (χ4n) is 4.13. The third-order valence-corrected chi connectivity index (χ3v) is 6.22. The molecule has 0 unspecified atom stereocenters. The number of aryl methyl sites for hydroxylation is 1. The molecule has 0 fully saturated rings. The van der Waals surface area contributed by atoms with Gasteiger partial charge in [0.15, 0.2) is 0 Å². The van der Waals surface area contributed by atoms with Gasteiger partial charge in [0.2, 0.25) is 0 Å². The van der Waals surface area contributed by atoms with Crippen LogP contribution in [-0.4, -0.2) is 34.4 Å². The van der Waals surface area contributed by atoms with Crippen molar-refractivity contribution < 1.29 is 14.3 Å². The van der Waals surface area contributed by atoms with Gasteiger partial charge < -0.3 is 10.1 Å². The van der Waals surface area contributed by atoms with E-state index in [4.69, 9.17) is 9.84 Å². The molecular weight excluding hydrogens is 514 g/mol. The van der Waals surface area contributed by atoms with Gasteiger partial charge in [-0.15, -0.1) is 0 Å². The number of amides is 2. The molecule has 0 radical (unpaired) electrons. The molecule has 8 heteroatoms. The van der Waals surface area contributed by atoms with Crippen molar-refractivity contribution in [1.29, 1.82) is 0 Å². The van der Waals surface area contributed by atoms with E-state index in [1.54, 1.807) is 29.1 Å². The Labute approximate surface area is 238 Å². The van der Waals surface area contributed by atoms with Crippen LogP contribution >= 0.6 is 0 Å². The Morgan fingerprint density at radius 1 is 0.902 bits per heavy atom. The predicted octanol–water partition coefficient (Wildman–Crippen LogP) is 5.31. The number of hydrogen-bond acceptors (Lipinski definition) is 5. The molecule has 0 aliphatic heterocycles. The second kappa shape index (κ2) is 13.0. The average Bonchev–Trinajstić information content (AvgIpc) is 3.44. The zero-order valence-corrected chi connectivity index (χ0v) is 22.5. The molecule has 0 saturated heterocycles. The highest BCUT2D eigenvalue weighted by atomic mass is 16.5. The molecule has 0 atom stereocenters. The van der Waals surface area contributed by atoms with E-state index in [-0.39, 0.29) is 12.5 Å². The second-order valence-corrected chi connectivity index (χ2v) is 9.36. The van der Waals surface area contributed by atoms with Crippen LogP contribution in [0.5, 0.6) is 5.75 Å². The van der Waals surface area contributed by atoms with Crippen molar-refractivity contribution in [3.05, 3.63) is 138 Å². The van der Waals surface area contributed by atoms with Crippen LogP contribution in [-0.2, 0) is 11.4 Å². The number of ether oxygens (including phenoxy) is 1. The van der Waals surface area contributed by atoms with Gasteiger partial charge in [-0.25, -0.2) is 10.1 Å². The Morgan fingerprint density at radius 3 is 2.37 bits per heavy atom. The Balaban J connectivity index is 1.27. The number of aromatic nitrogens is 2. The largest absolute Gasteiger partial charge is 0.489 e. The molecular formula is C33H29N5O3. The molecule has 204 valence electrons. The molecule has 0 aliphatic carbocycles. The summed E-state index contributed by atoms with van der Waals surface area (Å²) in [5, 5.41) is 11.5. The van der Waals surface area contributed by atoms with Crippen molar-refractivity contribution in [1.82, 2.24) is 20.5 Å². The van der Waals surface area contributed by atoms with Gasteiger partial charge in [0.05, 0.1) is 18.4 Å². The van der Waals surface area contributed by atoms with E-state index in [2.05, 4.69) is 15.8 Å². The van der Waals surface area contributed by atoms with Crippen molar-refractivity contribution in [3.63, 3.8) is 0 Å². The molecule has 41 heavy (non-hydrogen) atoms. The van der Waals surface area contributed by atoms with Crippen molar-refractivity contribution in [3.8, 4) is 22.7 Å². The van der Waals surface area contributed by atoms with Gasteiger partial charge in [-0.2, -0.15) is 10.2 Å². The zero-order valence-electron chi connectivity index (χ0n) is 22.5. The van der Waals surface area contributed by atoms with Crippen LogP contribution in [0.3, 0.4) is 0 Å². The Bertz CT molecular complexity index is 1650. The lowest BCUT2D eigenvalue weighted by Gasteiger charge is -2.07. The standard InChI is InChI=1S/C33H29N5O3/c1-24-9-8-12-27(19-24)33(40)34-21-31(39)36-35-20-28-22-38(29-13-6-3-7-14-29)37-32(28)26-15-17-30(18-16-26)41-23-25-10-4-2-5-11-25/h2-20,22H,21,23H2,1H3,(H,34,40)(H,36,39). The first-order valence-electron chi connectivity index (χ1n) is 13.1. The lowest BCUT2D eigenvalue weighted by atomic mass is 10.1. The van der Waals surface area contributed by atoms with Gasteiger partial charge >= 0.3 is 0 Å². The maximum Gasteiger partial charge on any atom is 0.259 e. The predicted molar refractivity (Wildman–Crippen MR) is 159 cm³/mol. The summed E-state index contributed by atoms with van der Waals surface area (Å²) in [6.07, 6.45) is 3.39. The number of hydrazone groups is 1.